The molecule has 2 aromatic carbocycles. The molecule has 4 rings (SSSR count). The van der Waals surface area contributed by atoms with Crippen LogP contribution < -0.4 is 5.32 Å². The Bertz CT molecular complexity index is 811. The zero-order chi connectivity index (χ0) is 16.7. The number of hydrogen-bond acceptors (Lipinski definition) is 3. The Kier molecular flexibility index (Phi) is 3.60. The standard InChI is InChI=1S/C20H20N2O2/c1-2-13-6-11-19-18(12-13)16-4-3-5-17(16)20(21-19)14-7-9-15(10-8-14)22(23)24/h3-4,6-12,16-17,20-21H,2,5H2,1H3/t16?,17?,20-/m1/s1. The molecule has 2 unspecified atom stereocenters. The summed E-state index contributed by atoms with van der Waals surface area (Å²) < 4.78 is 0. The third-order valence-corrected chi connectivity index (χ3v) is 5.30. The van der Waals surface area contributed by atoms with Crippen LogP contribution in [0.5, 0.6) is 0 Å². The minimum absolute atomic E-state index is 0.142. The number of nitro benzene ring substituents is 1. The Hall–Kier alpha value is -2.62. The molecule has 0 fully saturated rings. The van der Waals surface area contributed by atoms with E-state index in [2.05, 4.69) is 42.6 Å². The molecule has 3 atom stereocenters. The van der Waals surface area contributed by atoms with Crippen LogP contribution >= 0.6 is 0 Å². The first-order valence-electron chi connectivity index (χ1n) is 8.47. The van der Waals surface area contributed by atoms with Crippen molar-refractivity contribution in [2.24, 2.45) is 5.92 Å². The van der Waals surface area contributed by atoms with E-state index in [4.69, 9.17) is 0 Å². The van der Waals surface area contributed by atoms with Gasteiger partial charge in [-0.05, 0) is 41.5 Å². The van der Waals surface area contributed by atoms with Crippen molar-refractivity contribution in [3.63, 3.8) is 0 Å². The van der Waals surface area contributed by atoms with Gasteiger partial charge in [0.05, 0.1) is 11.0 Å². The second-order valence-electron chi connectivity index (χ2n) is 6.60. The first-order valence-corrected chi connectivity index (χ1v) is 8.47. The fourth-order valence-corrected chi connectivity index (χ4v) is 4.00. The van der Waals surface area contributed by atoms with Crippen molar-refractivity contribution in [3.8, 4) is 0 Å². The van der Waals surface area contributed by atoms with Crippen LogP contribution in [-0.4, -0.2) is 4.92 Å². The molecule has 0 aromatic heterocycles. The number of fused-ring (bicyclic) bond motifs is 3. The van der Waals surface area contributed by atoms with Gasteiger partial charge in [0.1, 0.15) is 0 Å². The topological polar surface area (TPSA) is 55.2 Å². The Morgan fingerprint density at radius 2 is 2.00 bits per heavy atom. The molecule has 0 saturated carbocycles. The minimum atomic E-state index is -0.348. The van der Waals surface area contributed by atoms with Gasteiger partial charge in [-0.2, -0.15) is 0 Å². The summed E-state index contributed by atoms with van der Waals surface area (Å²) in [6.45, 7) is 2.18. The molecular weight excluding hydrogens is 300 g/mol. The smallest absolute Gasteiger partial charge is 0.269 e. The van der Waals surface area contributed by atoms with Crippen molar-refractivity contribution in [2.75, 3.05) is 5.32 Å². The first kappa shape index (κ1) is 14.9. The van der Waals surface area contributed by atoms with Crippen LogP contribution in [0.1, 0.15) is 42.0 Å². The molecule has 4 nitrogen and oxygen atoms in total. The zero-order valence-corrected chi connectivity index (χ0v) is 13.6. The monoisotopic (exact) mass is 320 g/mol. The molecule has 1 aliphatic carbocycles. The number of non-ortho nitro benzene ring substituents is 1. The molecule has 1 heterocycles. The zero-order valence-electron chi connectivity index (χ0n) is 13.6. The molecule has 0 spiro atoms. The fourth-order valence-electron chi connectivity index (χ4n) is 4.00. The third kappa shape index (κ3) is 2.39. The summed E-state index contributed by atoms with van der Waals surface area (Å²) in [5.41, 5.74) is 5.19. The number of anilines is 1. The van der Waals surface area contributed by atoms with E-state index in [1.165, 1.54) is 16.8 Å². The van der Waals surface area contributed by atoms with E-state index in [-0.39, 0.29) is 16.7 Å². The highest BCUT2D eigenvalue weighted by molar-refractivity contribution is 5.61. The van der Waals surface area contributed by atoms with Gasteiger partial charge in [0, 0.05) is 23.7 Å². The van der Waals surface area contributed by atoms with Gasteiger partial charge in [0.25, 0.3) is 5.69 Å². The average Bonchev–Trinajstić information content (AvgIpc) is 3.10. The van der Waals surface area contributed by atoms with Gasteiger partial charge in [0.15, 0.2) is 0 Å². The van der Waals surface area contributed by atoms with Crippen molar-refractivity contribution in [3.05, 3.63) is 81.4 Å². The van der Waals surface area contributed by atoms with E-state index in [1.807, 2.05) is 12.1 Å². The largest absolute Gasteiger partial charge is 0.378 e. The first-order chi connectivity index (χ1) is 11.7. The molecular formula is C20H20N2O2. The van der Waals surface area contributed by atoms with Crippen molar-refractivity contribution in [2.45, 2.75) is 31.7 Å². The molecule has 0 amide bonds. The predicted octanol–water partition coefficient (Wildman–Crippen LogP) is 4.98. The number of allylic oxidation sites excluding steroid dienone is 2. The lowest BCUT2D eigenvalue weighted by Gasteiger charge is -2.37. The summed E-state index contributed by atoms with van der Waals surface area (Å²) in [6.07, 6.45) is 6.67. The maximum Gasteiger partial charge on any atom is 0.269 e. The van der Waals surface area contributed by atoms with Crippen molar-refractivity contribution >= 4 is 11.4 Å². The molecule has 2 aliphatic rings. The van der Waals surface area contributed by atoms with Crippen LogP contribution in [-0.2, 0) is 6.42 Å². The van der Waals surface area contributed by atoms with Crippen LogP contribution in [0.2, 0.25) is 0 Å². The number of rotatable bonds is 3. The Balaban J connectivity index is 1.71. The van der Waals surface area contributed by atoms with Crippen LogP contribution in [0, 0.1) is 16.0 Å². The number of nitro groups is 1. The van der Waals surface area contributed by atoms with Gasteiger partial charge in [-0.15, -0.1) is 0 Å². The molecule has 0 saturated heterocycles. The van der Waals surface area contributed by atoms with Crippen LogP contribution in [0.3, 0.4) is 0 Å². The summed E-state index contributed by atoms with van der Waals surface area (Å²) >= 11 is 0. The van der Waals surface area contributed by atoms with Gasteiger partial charge in [0.2, 0.25) is 0 Å². The number of nitrogens with zero attached hydrogens (tertiary/aromatic N) is 1. The molecule has 0 radical (unpaired) electrons. The highest BCUT2D eigenvalue weighted by atomic mass is 16.6. The number of benzene rings is 2. The number of hydrogen-bond donors (Lipinski definition) is 1. The quantitative estimate of drug-likeness (QED) is 0.493. The Morgan fingerprint density at radius 1 is 1.21 bits per heavy atom. The summed E-state index contributed by atoms with van der Waals surface area (Å²) in [6, 6.07) is 13.8. The molecule has 1 aliphatic heterocycles. The maximum atomic E-state index is 10.9. The van der Waals surface area contributed by atoms with Gasteiger partial charge >= 0.3 is 0 Å². The van der Waals surface area contributed by atoms with E-state index in [0.717, 1.165) is 18.4 Å². The third-order valence-electron chi connectivity index (χ3n) is 5.30. The lowest BCUT2D eigenvalue weighted by molar-refractivity contribution is -0.384. The van der Waals surface area contributed by atoms with Crippen LogP contribution in [0.15, 0.2) is 54.6 Å². The molecule has 2 aromatic rings. The van der Waals surface area contributed by atoms with Crippen molar-refractivity contribution in [1.82, 2.24) is 0 Å². The van der Waals surface area contributed by atoms with Gasteiger partial charge < -0.3 is 5.32 Å². The number of nitrogens with one attached hydrogen (secondary N) is 1. The van der Waals surface area contributed by atoms with E-state index >= 15 is 0 Å². The maximum absolute atomic E-state index is 10.9. The van der Waals surface area contributed by atoms with E-state index in [1.54, 1.807) is 12.1 Å². The van der Waals surface area contributed by atoms with Gasteiger partial charge in [-0.1, -0.05) is 43.3 Å². The fraction of sp³-hybridized carbons (Fsp3) is 0.300. The molecule has 4 heteroatoms. The number of aryl methyl sites for hydroxylation is 1. The van der Waals surface area contributed by atoms with E-state index < -0.39 is 0 Å². The summed E-state index contributed by atoms with van der Waals surface area (Å²) in [4.78, 5) is 10.5. The van der Waals surface area contributed by atoms with Gasteiger partial charge in [-0.25, -0.2) is 0 Å². The normalized spacial score (nSPS) is 24.1. The van der Waals surface area contributed by atoms with Crippen molar-refractivity contribution < 1.29 is 4.92 Å². The highest BCUT2D eigenvalue weighted by Gasteiger charge is 2.37. The Morgan fingerprint density at radius 3 is 2.71 bits per heavy atom. The van der Waals surface area contributed by atoms with Crippen molar-refractivity contribution in [1.29, 1.82) is 0 Å². The molecule has 122 valence electrons. The molecule has 0 bridgehead atoms. The SMILES string of the molecule is CCc1ccc2c(c1)C1C=CCC1[C@@H](c1ccc([N+](=O)[O-])cc1)N2. The van der Waals surface area contributed by atoms with Gasteiger partial charge in [-0.3, -0.25) is 10.1 Å². The average molecular weight is 320 g/mol. The highest BCUT2D eigenvalue weighted by Crippen LogP contribution is 2.50. The van der Waals surface area contributed by atoms with E-state index in [0.29, 0.717) is 11.8 Å². The molecule has 1 N–H and O–H groups in total. The van der Waals surface area contributed by atoms with Crippen LogP contribution in [0.25, 0.3) is 0 Å². The molecule has 24 heavy (non-hydrogen) atoms. The van der Waals surface area contributed by atoms with E-state index in [9.17, 15) is 10.1 Å². The second-order valence-corrected chi connectivity index (χ2v) is 6.60. The summed E-state index contributed by atoms with van der Waals surface area (Å²) in [5.74, 6) is 0.888. The van der Waals surface area contributed by atoms with Crippen LogP contribution in [0.4, 0.5) is 11.4 Å². The summed E-state index contributed by atoms with van der Waals surface area (Å²) in [7, 11) is 0. The summed E-state index contributed by atoms with van der Waals surface area (Å²) in [5, 5.41) is 14.5. The minimum Gasteiger partial charge on any atom is -0.378 e. The lowest BCUT2D eigenvalue weighted by atomic mass is 9.76. The lowest BCUT2D eigenvalue weighted by Crippen LogP contribution is -2.29. The Labute approximate surface area is 141 Å². The second kappa shape index (κ2) is 5.78. The predicted molar refractivity (Wildman–Crippen MR) is 95.3 cm³/mol.